The highest BCUT2D eigenvalue weighted by molar-refractivity contribution is 7.89. The number of benzene rings is 1. The summed E-state index contributed by atoms with van der Waals surface area (Å²) < 4.78 is 22.3. The maximum atomic E-state index is 11.5. The lowest BCUT2D eigenvalue weighted by Gasteiger charge is -2.21. The van der Waals surface area contributed by atoms with Gasteiger partial charge >= 0.3 is 0 Å². The number of amides is 2. The van der Waals surface area contributed by atoms with Crippen molar-refractivity contribution in [2.75, 3.05) is 19.6 Å². The number of rotatable bonds is 7. The predicted molar refractivity (Wildman–Crippen MR) is 82.5 cm³/mol. The fourth-order valence-electron chi connectivity index (χ4n) is 1.90. The molecule has 0 heterocycles. The van der Waals surface area contributed by atoms with Gasteiger partial charge < -0.3 is 10.2 Å². The van der Waals surface area contributed by atoms with Gasteiger partial charge in [-0.1, -0.05) is 12.1 Å². The summed E-state index contributed by atoms with van der Waals surface area (Å²) in [5.74, 6) is -0.214. The first-order valence-electron chi connectivity index (χ1n) is 6.82. The molecule has 2 amide bonds. The van der Waals surface area contributed by atoms with Crippen LogP contribution in [0.15, 0.2) is 29.2 Å². The highest BCUT2D eigenvalue weighted by atomic mass is 32.2. The van der Waals surface area contributed by atoms with Gasteiger partial charge in [0, 0.05) is 33.5 Å². The molecule has 0 aliphatic heterocycles. The van der Waals surface area contributed by atoms with Gasteiger partial charge in [-0.3, -0.25) is 9.59 Å². The van der Waals surface area contributed by atoms with Crippen LogP contribution < -0.4 is 10.5 Å². The average Bonchev–Trinajstić information content (AvgIpc) is 2.41. The molecule has 0 fully saturated rings. The summed E-state index contributed by atoms with van der Waals surface area (Å²) >= 11 is 0. The lowest BCUT2D eigenvalue weighted by Crippen LogP contribution is -2.38. The highest BCUT2D eigenvalue weighted by Crippen LogP contribution is 2.09. The first kappa shape index (κ1) is 18.1. The van der Waals surface area contributed by atoms with Crippen molar-refractivity contribution in [2.24, 2.45) is 5.14 Å². The number of hydrogen-bond acceptors (Lipinski definition) is 4. The van der Waals surface area contributed by atoms with E-state index in [1.807, 2.05) is 0 Å². The zero-order chi connectivity index (χ0) is 16.8. The smallest absolute Gasteiger partial charge is 0.238 e. The van der Waals surface area contributed by atoms with Gasteiger partial charge in [-0.15, -0.1) is 0 Å². The topological polar surface area (TPSA) is 110 Å². The minimum atomic E-state index is -3.69. The summed E-state index contributed by atoms with van der Waals surface area (Å²) in [6, 6.07) is 6.23. The quantitative estimate of drug-likeness (QED) is 0.726. The Morgan fingerprint density at radius 1 is 1.14 bits per heavy atom. The molecule has 1 aromatic rings. The molecular formula is C14H21N3O4S. The molecule has 0 spiro atoms. The summed E-state index contributed by atoms with van der Waals surface area (Å²) in [4.78, 5) is 24.0. The standard InChI is InChI=1S/C14H21N3O4S/c1-11(18)16-8-10-17(12(2)19)9-7-13-3-5-14(6-4-13)22(15,20)21/h3-6H,7-10H2,1-2H3,(H,16,18)(H2,15,20,21). The van der Waals surface area contributed by atoms with Gasteiger partial charge in [0.05, 0.1) is 4.90 Å². The Bertz CT molecular complexity index is 626. The monoisotopic (exact) mass is 327 g/mol. The molecule has 22 heavy (non-hydrogen) atoms. The number of carbonyl (C=O) groups excluding carboxylic acids is 2. The minimum absolute atomic E-state index is 0.0605. The molecule has 7 nitrogen and oxygen atoms in total. The van der Waals surface area contributed by atoms with Crippen molar-refractivity contribution in [1.82, 2.24) is 10.2 Å². The number of nitrogens with two attached hydrogens (primary N) is 1. The van der Waals surface area contributed by atoms with Gasteiger partial charge in [0.2, 0.25) is 21.8 Å². The third-order valence-corrected chi connectivity index (χ3v) is 4.05. The number of sulfonamides is 1. The molecule has 0 atom stereocenters. The van der Waals surface area contributed by atoms with E-state index < -0.39 is 10.0 Å². The fraction of sp³-hybridized carbons (Fsp3) is 0.429. The van der Waals surface area contributed by atoms with E-state index in [2.05, 4.69) is 5.32 Å². The van der Waals surface area contributed by atoms with E-state index in [1.165, 1.54) is 26.0 Å². The van der Waals surface area contributed by atoms with E-state index >= 15 is 0 Å². The molecule has 122 valence electrons. The summed E-state index contributed by atoms with van der Waals surface area (Å²) in [6.45, 7) is 4.22. The van der Waals surface area contributed by atoms with Crippen molar-refractivity contribution in [3.05, 3.63) is 29.8 Å². The molecule has 0 aromatic heterocycles. The van der Waals surface area contributed by atoms with E-state index in [1.54, 1.807) is 17.0 Å². The van der Waals surface area contributed by atoms with Crippen LogP contribution in [0.1, 0.15) is 19.4 Å². The predicted octanol–water partition coefficient (Wildman–Crippen LogP) is -0.139. The summed E-state index contributed by atoms with van der Waals surface area (Å²) in [5.41, 5.74) is 0.901. The number of carbonyl (C=O) groups is 2. The van der Waals surface area contributed by atoms with Crippen molar-refractivity contribution in [2.45, 2.75) is 25.2 Å². The highest BCUT2D eigenvalue weighted by Gasteiger charge is 2.10. The van der Waals surface area contributed by atoms with Gasteiger partial charge in [-0.25, -0.2) is 13.6 Å². The summed E-state index contributed by atoms with van der Waals surface area (Å²) in [7, 11) is -3.69. The molecule has 0 unspecified atom stereocenters. The SMILES string of the molecule is CC(=O)NCCN(CCc1ccc(S(N)(=O)=O)cc1)C(C)=O. The second-order valence-electron chi connectivity index (χ2n) is 4.93. The third kappa shape index (κ3) is 6.23. The van der Waals surface area contributed by atoms with Crippen LogP contribution in [0.5, 0.6) is 0 Å². The molecular weight excluding hydrogens is 306 g/mol. The van der Waals surface area contributed by atoms with E-state index in [0.29, 0.717) is 26.1 Å². The normalized spacial score (nSPS) is 11.0. The molecule has 8 heteroatoms. The lowest BCUT2D eigenvalue weighted by atomic mass is 10.1. The van der Waals surface area contributed by atoms with Crippen LogP contribution in [-0.2, 0) is 26.0 Å². The molecule has 0 aliphatic rings. The zero-order valence-electron chi connectivity index (χ0n) is 12.7. The van der Waals surface area contributed by atoms with Gasteiger partial charge in [-0.05, 0) is 24.1 Å². The van der Waals surface area contributed by atoms with Crippen molar-refractivity contribution in [3.63, 3.8) is 0 Å². The van der Waals surface area contributed by atoms with E-state index in [-0.39, 0.29) is 16.7 Å². The molecule has 0 bridgehead atoms. The number of nitrogens with zero attached hydrogens (tertiary/aromatic N) is 1. The van der Waals surface area contributed by atoms with Crippen LogP contribution in [0, 0.1) is 0 Å². The molecule has 0 aliphatic carbocycles. The van der Waals surface area contributed by atoms with Gasteiger partial charge in [0.1, 0.15) is 0 Å². The zero-order valence-corrected chi connectivity index (χ0v) is 13.5. The first-order valence-corrected chi connectivity index (χ1v) is 8.36. The lowest BCUT2D eigenvalue weighted by molar-refractivity contribution is -0.129. The fourth-order valence-corrected chi connectivity index (χ4v) is 2.42. The average molecular weight is 327 g/mol. The Balaban J connectivity index is 2.58. The Hall–Kier alpha value is -1.93. The van der Waals surface area contributed by atoms with Crippen LogP contribution in [0.2, 0.25) is 0 Å². The maximum Gasteiger partial charge on any atom is 0.238 e. The van der Waals surface area contributed by atoms with Gasteiger partial charge in [0.15, 0.2) is 0 Å². The van der Waals surface area contributed by atoms with Crippen molar-refractivity contribution in [1.29, 1.82) is 0 Å². The first-order chi connectivity index (χ1) is 10.2. The van der Waals surface area contributed by atoms with E-state index in [0.717, 1.165) is 5.56 Å². The second kappa shape index (κ2) is 7.90. The maximum absolute atomic E-state index is 11.5. The molecule has 0 saturated heterocycles. The number of nitrogens with one attached hydrogen (secondary N) is 1. The Labute approximate surface area is 130 Å². The Kier molecular flexibility index (Phi) is 6.51. The second-order valence-corrected chi connectivity index (χ2v) is 6.49. The van der Waals surface area contributed by atoms with E-state index in [9.17, 15) is 18.0 Å². The summed E-state index contributed by atoms with van der Waals surface area (Å²) in [5, 5.41) is 7.67. The van der Waals surface area contributed by atoms with Crippen molar-refractivity contribution >= 4 is 21.8 Å². The van der Waals surface area contributed by atoms with Crippen LogP contribution in [0.3, 0.4) is 0 Å². The largest absolute Gasteiger partial charge is 0.355 e. The number of hydrogen-bond donors (Lipinski definition) is 2. The third-order valence-electron chi connectivity index (χ3n) is 3.12. The van der Waals surface area contributed by atoms with Crippen LogP contribution in [0.25, 0.3) is 0 Å². The molecule has 1 rings (SSSR count). The molecule has 1 aromatic carbocycles. The molecule has 0 saturated carbocycles. The Morgan fingerprint density at radius 3 is 2.18 bits per heavy atom. The summed E-state index contributed by atoms with van der Waals surface area (Å²) in [6.07, 6.45) is 0.588. The van der Waals surface area contributed by atoms with Crippen molar-refractivity contribution < 1.29 is 18.0 Å². The van der Waals surface area contributed by atoms with Gasteiger partial charge in [0.25, 0.3) is 0 Å². The minimum Gasteiger partial charge on any atom is -0.355 e. The number of primary sulfonamides is 1. The van der Waals surface area contributed by atoms with E-state index in [4.69, 9.17) is 5.14 Å². The molecule has 0 radical (unpaired) electrons. The van der Waals surface area contributed by atoms with Gasteiger partial charge in [-0.2, -0.15) is 0 Å². The van der Waals surface area contributed by atoms with Crippen molar-refractivity contribution in [3.8, 4) is 0 Å². The molecule has 3 N–H and O–H groups in total. The van der Waals surface area contributed by atoms with Crippen LogP contribution in [0.4, 0.5) is 0 Å². The Morgan fingerprint density at radius 2 is 1.73 bits per heavy atom. The van der Waals surface area contributed by atoms with Crippen LogP contribution in [-0.4, -0.2) is 44.8 Å². The van der Waals surface area contributed by atoms with Crippen LogP contribution >= 0.6 is 0 Å².